The van der Waals surface area contributed by atoms with Gasteiger partial charge in [0.05, 0.1) is 18.7 Å². The predicted molar refractivity (Wildman–Crippen MR) is 81.9 cm³/mol. The monoisotopic (exact) mass is 315 g/mol. The van der Waals surface area contributed by atoms with Crippen LogP contribution in [-0.2, 0) is 11.4 Å². The molecule has 0 saturated carbocycles. The van der Waals surface area contributed by atoms with E-state index < -0.39 is 0 Å². The topological polar surface area (TPSA) is 67.8 Å². The molecule has 0 radical (unpaired) electrons. The standard InChI is InChI=1S/C15H22ClNO4/c1-4-11(5-2)17-14(19)9-21-15-12(16)6-10(8-18)7-13(15)20-3/h6-7,11,18H,4-5,8-9H2,1-3H3,(H,17,19). The third-order valence-electron chi connectivity index (χ3n) is 3.17. The zero-order valence-electron chi connectivity index (χ0n) is 12.6. The van der Waals surface area contributed by atoms with Gasteiger partial charge in [0.2, 0.25) is 0 Å². The number of methoxy groups -OCH3 is 1. The number of hydrogen-bond donors (Lipinski definition) is 2. The van der Waals surface area contributed by atoms with Crippen molar-refractivity contribution in [2.75, 3.05) is 13.7 Å². The highest BCUT2D eigenvalue weighted by Crippen LogP contribution is 2.36. The molecule has 6 heteroatoms. The van der Waals surface area contributed by atoms with Crippen LogP contribution in [0.2, 0.25) is 5.02 Å². The quantitative estimate of drug-likeness (QED) is 0.773. The van der Waals surface area contributed by atoms with Gasteiger partial charge in [-0.1, -0.05) is 25.4 Å². The van der Waals surface area contributed by atoms with Crippen LogP contribution in [0.5, 0.6) is 11.5 Å². The van der Waals surface area contributed by atoms with Crippen molar-refractivity contribution >= 4 is 17.5 Å². The van der Waals surface area contributed by atoms with E-state index in [1.807, 2.05) is 13.8 Å². The van der Waals surface area contributed by atoms with Crippen LogP contribution in [0.4, 0.5) is 0 Å². The van der Waals surface area contributed by atoms with E-state index in [1.165, 1.54) is 7.11 Å². The molecule has 5 nitrogen and oxygen atoms in total. The Kier molecular flexibility index (Phi) is 7.32. The molecule has 0 aromatic heterocycles. The molecule has 1 aromatic carbocycles. The summed E-state index contributed by atoms with van der Waals surface area (Å²) in [6.07, 6.45) is 1.75. The molecule has 21 heavy (non-hydrogen) atoms. The maximum absolute atomic E-state index is 11.8. The van der Waals surface area contributed by atoms with Crippen molar-refractivity contribution in [3.63, 3.8) is 0 Å². The molecule has 0 bridgehead atoms. The van der Waals surface area contributed by atoms with Gasteiger partial charge >= 0.3 is 0 Å². The summed E-state index contributed by atoms with van der Waals surface area (Å²) in [5, 5.41) is 12.3. The fraction of sp³-hybridized carbons (Fsp3) is 0.533. The first-order valence-corrected chi connectivity index (χ1v) is 7.32. The molecular formula is C15H22ClNO4. The lowest BCUT2D eigenvalue weighted by Crippen LogP contribution is -2.37. The van der Waals surface area contributed by atoms with Crippen molar-refractivity contribution < 1.29 is 19.4 Å². The van der Waals surface area contributed by atoms with E-state index in [-0.39, 0.29) is 25.2 Å². The van der Waals surface area contributed by atoms with Gasteiger partial charge in [-0.25, -0.2) is 0 Å². The molecule has 1 rings (SSSR count). The number of ether oxygens (including phenoxy) is 2. The molecule has 0 atom stereocenters. The van der Waals surface area contributed by atoms with Gasteiger partial charge in [-0.2, -0.15) is 0 Å². The fourth-order valence-corrected chi connectivity index (χ4v) is 2.19. The number of aliphatic hydroxyl groups is 1. The first-order chi connectivity index (χ1) is 10.0. The maximum Gasteiger partial charge on any atom is 0.258 e. The lowest BCUT2D eigenvalue weighted by Gasteiger charge is -2.16. The van der Waals surface area contributed by atoms with E-state index >= 15 is 0 Å². The molecule has 1 aromatic rings. The minimum absolute atomic E-state index is 0.134. The average molecular weight is 316 g/mol. The van der Waals surface area contributed by atoms with Crippen LogP contribution in [0.25, 0.3) is 0 Å². The molecule has 1 amide bonds. The van der Waals surface area contributed by atoms with E-state index in [2.05, 4.69) is 5.32 Å². The van der Waals surface area contributed by atoms with Gasteiger partial charge < -0.3 is 19.9 Å². The van der Waals surface area contributed by atoms with Crippen molar-refractivity contribution in [3.05, 3.63) is 22.7 Å². The second-order valence-electron chi connectivity index (χ2n) is 4.64. The van der Waals surface area contributed by atoms with Gasteiger partial charge in [-0.3, -0.25) is 4.79 Å². The Morgan fingerprint density at radius 1 is 1.38 bits per heavy atom. The molecule has 0 aliphatic carbocycles. The molecule has 0 unspecified atom stereocenters. The van der Waals surface area contributed by atoms with Gasteiger partial charge in [0.1, 0.15) is 0 Å². The normalized spacial score (nSPS) is 10.6. The Morgan fingerprint density at radius 3 is 2.57 bits per heavy atom. The third kappa shape index (κ3) is 5.10. The summed E-state index contributed by atoms with van der Waals surface area (Å²) in [5.74, 6) is 0.492. The second-order valence-corrected chi connectivity index (χ2v) is 5.04. The van der Waals surface area contributed by atoms with Crippen molar-refractivity contribution in [2.24, 2.45) is 0 Å². The van der Waals surface area contributed by atoms with Crippen LogP contribution in [0, 0.1) is 0 Å². The number of hydrogen-bond acceptors (Lipinski definition) is 4. The summed E-state index contributed by atoms with van der Waals surface area (Å²) in [4.78, 5) is 11.8. The number of aliphatic hydroxyl groups excluding tert-OH is 1. The first kappa shape index (κ1) is 17.6. The number of carbonyl (C=O) groups excluding carboxylic acids is 1. The highest BCUT2D eigenvalue weighted by molar-refractivity contribution is 6.32. The minimum Gasteiger partial charge on any atom is -0.493 e. The first-order valence-electron chi connectivity index (χ1n) is 6.95. The van der Waals surface area contributed by atoms with Crippen LogP contribution in [0.1, 0.15) is 32.3 Å². The third-order valence-corrected chi connectivity index (χ3v) is 3.45. The lowest BCUT2D eigenvalue weighted by molar-refractivity contribution is -0.123. The van der Waals surface area contributed by atoms with Gasteiger partial charge in [0, 0.05) is 6.04 Å². The minimum atomic E-state index is -0.201. The van der Waals surface area contributed by atoms with Crippen LogP contribution in [0.15, 0.2) is 12.1 Å². The average Bonchev–Trinajstić information content (AvgIpc) is 2.50. The maximum atomic E-state index is 11.8. The molecule has 0 fully saturated rings. The van der Waals surface area contributed by atoms with E-state index in [1.54, 1.807) is 12.1 Å². The Morgan fingerprint density at radius 2 is 2.05 bits per heavy atom. The van der Waals surface area contributed by atoms with Crippen molar-refractivity contribution in [1.29, 1.82) is 0 Å². The molecule has 0 aliphatic rings. The van der Waals surface area contributed by atoms with Gasteiger partial charge in [0.25, 0.3) is 5.91 Å². The largest absolute Gasteiger partial charge is 0.493 e. The zero-order chi connectivity index (χ0) is 15.8. The number of carbonyl (C=O) groups is 1. The molecular weight excluding hydrogens is 294 g/mol. The molecule has 2 N–H and O–H groups in total. The summed E-state index contributed by atoms with van der Waals surface area (Å²) < 4.78 is 10.6. The van der Waals surface area contributed by atoms with E-state index in [9.17, 15) is 4.79 Å². The molecule has 0 saturated heterocycles. The Hall–Kier alpha value is -1.46. The Labute approximate surface area is 130 Å². The summed E-state index contributed by atoms with van der Waals surface area (Å²) in [6.45, 7) is 3.75. The summed E-state index contributed by atoms with van der Waals surface area (Å²) in [5.41, 5.74) is 0.616. The van der Waals surface area contributed by atoms with Gasteiger partial charge in [-0.05, 0) is 30.5 Å². The summed E-state index contributed by atoms with van der Waals surface area (Å²) >= 11 is 6.09. The fourth-order valence-electron chi connectivity index (χ4n) is 1.90. The molecule has 118 valence electrons. The van der Waals surface area contributed by atoms with Crippen LogP contribution < -0.4 is 14.8 Å². The number of nitrogens with one attached hydrogen (secondary N) is 1. The molecule has 0 aliphatic heterocycles. The zero-order valence-corrected chi connectivity index (χ0v) is 13.4. The Balaban J connectivity index is 2.72. The van der Waals surface area contributed by atoms with E-state index in [0.29, 0.717) is 22.1 Å². The van der Waals surface area contributed by atoms with Gasteiger partial charge in [0.15, 0.2) is 18.1 Å². The second kappa shape index (κ2) is 8.74. The lowest BCUT2D eigenvalue weighted by atomic mass is 10.2. The highest BCUT2D eigenvalue weighted by atomic mass is 35.5. The van der Waals surface area contributed by atoms with Crippen molar-refractivity contribution in [3.8, 4) is 11.5 Å². The number of rotatable bonds is 8. The summed E-state index contributed by atoms with van der Waals surface area (Å²) in [7, 11) is 1.48. The van der Waals surface area contributed by atoms with E-state index in [0.717, 1.165) is 12.8 Å². The van der Waals surface area contributed by atoms with Gasteiger partial charge in [-0.15, -0.1) is 0 Å². The summed E-state index contributed by atoms with van der Waals surface area (Å²) in [6, 6.07) is 3.35. The van der Waals surface area contributed by atoms with Crippen LogP contribution >= 0.6 is 11.6 Å². The van der Waals surface area contributed by atoms with E-state index in [4.69, 9.17) is 26.2 Å². The number of amides is 1. The van der Waals surface area contributed by atoms with Crippen molar-refractivity contribution in [1.82, 2.24) is 5.32 Å². The molecule has 0 spiro atoms. The van der Waals surface area contributed by atoms with Crippen LogP contribution in [-0.4, -0.2) is 30.8 Å². The molecule has 0 heterocycles. The smallest absolute Gasteiger partial charge is 0.258 e. The van der Waals surface area contributed by atoms with Crippen LogP contribution in [0.3, 0.4) is 0 Å². The van der Waals surface area contributed by atoms with Crippen molar-refractivity contribution in [2.45, 2.75) is 39.3 Å². The SMILES string of the molecule is CCC(CC)NC(=O)COc1c(Cl)cc(CO)cc1OC. The number of halogens is 1. The highest BCUT2D eigenvalue weighted by Gasteiger charge is 2.14. The predicted octanol–water partition coefficient (Wildman–Crippen LogP) is 2.52. The number of benzene rings is 1. The Bertz CT molecular complexity index is 475.